The maximum atomic E-state index is 2.75. The molecule has 3 nitrogen and oxygen atoms in total. The summed E-state index contributed by atoms with van der Waals surface area (Å²) in [4.78, 5) is 8.08. The Hall–Kier alpha value is -5.26. The molecule has 2 unspecified atom stereocenters. The third-order valence-corrected chi connectivity index (χ3v) is 19.0. The molecule has 0 saturated heterocycles. The molecule has 4 heterocycles. The SMILES string of the molecule is Cc1cc2c3c(c1)N(c1ccc(C(C)(C)C)cc1)c1c(sc4cc5c(cc14)C(C)(C)CCC5(C)C)B3c1cc3c(cc1N2c1ccc(C(C)(C)C)cc1)N(c1ccccc1)C1(C)CCCC31C. The van der Waals surface area contributed by atoms with E-state index in [0.717, 1.165) is 0 Å². The molecule has 12 rings (SSSR count). The Labute approximate surface area is 405 Å². The minimum Gasteiger partial charge on any atom is -0.334 e. The average Bonchev–Trinajstić information content (AvgIpc) is 3.86. The highest BCUT2D eigenvalue weighted by Crippen LogP contribution is 2.63. The van der Waals surface area contributed by atoms with Crippen LogP contribution in [0.1, 0.15) is 149 Å². The second-order valence-corrected chi connectivity index (χ2v) is 26.0. The van der Waals surface area contributed by atoms with E-state index in [1.54, 1.807) is 0 Å². The van der Waals surface area contributed by atoms with Crippen molar-refractivity contribution in [2.45, 2.75) is 155 Å². The van der Waals surface area contributed by atoms with Gasteiger partial charge in [0, 0.05) is 60.1 Å². The largest absolute Gasteiger partial charge is 0.334 e. The fraction of sp³-hybridized carbons (Fsp3) is 0.387. The van der Waals surface area contributed by atoms with Crippen LogP contribution in [-0.4, -0.2) is 12.3 Å². The van der Waals surface area contributed by atoms with Gasteiger partial charge in [-0.3, -0.25) is 0 Å². The Balaban J connectivity index is 1.20. The number of para-hydroxylation sites is 1. The number of rotatable bonds is 3. The predicted octanol–water partition coefficient (Wildman–Crippen LogP) is 15.6. The molecule has 1 fully saturated rings. The summed E-state index contributed by atoms with van der Waals surface area (Å²) < 4.78 is 2.87. The van der Waals surface area contributed by atoms with Crippen LogP contribution in [-0.2, 0) is 27.1 Å². The fourth-order valence-corrected chi connectivity index (χ4v) is 14.8. The van der Waals surface area contributed by atoms with Crippen molar-refractivity contribution < 1.29 is 0 Å². The smallest absolute Gasteiger partial charge is 0.264 e. The quantitative estimate of drug-likeness (QED) is 0.164. The Morgan fingerprint density at radius 1 is 0.537 bits per heavy atom. The van der Waals surface area contributed by atoms with Crippen molar-refractivity contribution in [3.8, 4) is 0 Å². The summed E-state index contributed by atoms with van der Waals surface area (Å²) in [7, 11) is 0. The van der Waals surface area contributed by atoms with Gasteiger partial charge in [-0.25, -0.2) is 0 Å². The lowest BCUT2D eigenvalue weighted by Crippen LogP contribution is -2.60. The lowest BCUT2D eigenvalue weighted by Gasteiger charge is -2.44. The molecular formula is C62H68BN3S. The van der Waals surface area contributed by atoms with E-state index in [1.165, 1.54) is 137 Å². The zero-order valence-corrected chi connectivity index (χ0v) is 43.1. The third kappa shape index (κ3) is 6.01. The van der Waals surface area contributed by atoms with Crippen molar-refractivity contribution in [2.24, 2.45) is 0 Å². The summed E-state index contributed by atoms with van der Waals surface area (Å²) >= 11 is 2.07. The summed E-state index contributed by atoms with van der Waals surface area (Å²) in [6, 6.07) is 46.0. The van der Waals surface area contributed by atoms with Gasteiger partial charge in [0.05, 0.1) is 11.2 Å². The minimum atomic E-state index is -0.0432. The summed E-state index contributed by atoms with van der Waals surface area (Å²) in [6.07, 6.45) is 5.99. The maximum absolute atomic E-state index is 2.75. The molecule has 3 aliphatic heterocycles. The number of hydrogen-bond donors (Lipinski definition) is 0. The van der Waals surface area contributed by atoms with E-state index in [1.807, 2.05) is 0 Å². The highest BCUT2D eigenvalue weighted by atomic mass is 32.1. The van der Waals surface area contributed by atoms with E-state index in [4.69, 9.17) is 0 Å². The molecule has 5 heteroatoms. The Morgan fingerprint density at radius 2 is 1.10 bits per heavy atom. The van der Waals surface area contributed by atoms with Gasteiger partial charge in [-0.1, -0.05) is 131 Å². The number of benzene rings is 6. The van der Waals surface area contributed by atoms with Crippen LogP contribution in [0.15, 0.2) is 115 Å². The van der Waals surface area contributed by atoms with Crippen molar-refractivity contribution in [3.63, 3.8) is 0 Å². The highest BCUT2D eigenvalue weighted by Gasteiger charge is 2.60. The van der Waals surface area contributed by atoms with E-state index in [2.05, 4.69) is 231 Å². The summed E-state index contributed by atoms with van der Waals surface area (Å²) in [5, 5.41) is 1.40. The van der Waals surface area contributed by atoms with E-state index < -0.39 is 0 Å². The van der Waals surface area contributed by atoms with Gasteiger partial charge in [-0.2, -0.15) is 0 Å². The molecule has 6 aromatic carbocycles. The van der Waals surface area contributed by atoms with Crippen LogP contribution in [0.4, 0.5) is 45.5 Å². The molecule has 2 atom stereocenters. The lowest BCUT2D eigenvalue weighted by atomic mass is 9.36. The van der Waals surface area contributed by atoms with Crippen molar-refractivity contribution >= 4 is 89.3 Å². The summed E-state index contributed by atoms with van der Waals surface area (Å²) in [5.74, 6) is 0. The molecule has 0 amide bonds. The van der Waals surface area contributed by atoms with Gasteiger partial charge in [0.1, 0.15) is 0 Å². The number of thiophene rings is 1. The van der Waals surface area contributed by atoms with Crippen molar-refractivity contribution in [2.75, 3.05) is 14.7 Å². The second kappa shape index (κ2) is 13.9. The van der Waals surface area contributed by atoms with Crippen LogP contribution in [0, 0.1) is 6.92 Å². The summed E-state index contributed by atoms with van der Waals surface area (Å²) in [5.41, 5.74) is 22.0. The summed E-state index contributed by atoms with van der Waals surface area (Å²) in [6.45, 7) is 31.4. The van der Waals surface area contributed by atoms with Crippen molar-refractivity contribution in [1.82, 2.24) is 0 Å². The van der Waals surface area contributed by atoms with Crippen molar-refractivity contribution in [1.29, 1.82) is 0 Å². The van der Waals surface area contributed by atoms with Gasteiger partial charge in [0.25, 0.3) is 6.71 Å². The van der Waals surface area contributed by atoms with Gasteiger partial charge in [-0.05, 0) is 172 Å². The van der Waals surface area contributed by atoms with Crippen LogP contribution in [0.5, 0.6) is 0 Å². The molecule has 7 aromatic rings. The normalized spacial score (nSPS) is 22.0. The third-order valence-electron chi connectivity index (χ3n) is 17.8. The molecule has 2 aliphatic carbocycles. The Kier molecular flexibility index (Phi) is 8.95. The standard InChI is InChI=1S/C62H68BN3S/c1-38-32-51-54-52(33-38)65(42-26-22-40(23-27-42)58(5,6)7)55-44-34-45-46(60(10,11)31-30-59(45,8)9)36-53(44)67-56(55)63(54)48-35-47-49(37-50(48)64(51)41-24-20-39(21-25-41)57(2,3)4)66(43-18-15-14-16-19-43)62(13)29-17-28-61(47,62)12/h14-16,18-27,32-37H,17,28-31H2,1-13H3. The first-order valence-electron chi connectivity index (χ1n) is 25.2. The fourth-order valence-electron chi connectivity index (χ4n) is 13.5. The number of aryl methyl sites for hydroxylation is 1. The Bertz CT molecular complexity index is 3180. The van der Waals surface area contributed by atoms with Crippen LogP contribution in [0.3, 0.4) is 0 Å². The maximum Gasteiger partial charge on any atom is 0.264 e. The molecular weight excluding hydrogens is 830 g/mol. The monoisotopic (exact) mass is 898 g/mol. The number of anilines is 8. The van der Waals surface area contributed by atoms with Gasteiger partial charge >= 0.3 is 0 Å². The topological polar surface area (TPSA) is 9.72 Å². The Morgan fingerprint density at radius 3 is 1.70 bits per heavy atom. The van der Waals surface area contributed by atoms with E-state index in [-0.39, 0.29) is 39.3 Å². The van der Waals surface area contributed by atoms with Crippen LogP contribution in [0.2, 0.25) is 0 Å². The minimum absolute atomic E-state index is 0.00249. The molecule has 0 radical (unpaired) electrons. The highest BCUT2D eigenvalue weighted by molar-refractivity contribution is 7.33. The van der Waals surface area contributed by atoms with Crippen molar-refractivity contribution in [3.05, 3.63) is 149 Å². The van der Waals surface area contributed by atoms with E-state index in [0.29, 0.717) is 0 Å². The van der Waals surface area contributed by atoms with E-state index in [9.17, 15) is 0 Å². The van der Waals surface area contributed by atoms with Gasteiger partial charge in [-0.15, -0.1) is 11.3 Å². The van der Waals surface area contributed by atoms with Crippen LogP contribution in [0.25, 0.3) is 10.1 Å². The predicted molar refractivity (Wildman–Crippen MR) is 291 cm³/mol. The molecule has 0 N–H and O–H groups in total. The number of hydrogen-bond acceptors (Lipinski definition) is 4. The molecule has 1 aromatic heterocycles. The molecule has 67 heavy (non-hydrogen) atoms. The molecule has 0 spiro atoms. The zero-order valence-electron chi connectivity index (χ0n) is 42.3. The molecule has 340 valence electrons. The van der Waals surface area contributed by atoms with Gasteiger partial charge in [0.2, 0.25) is 0 Å². The molecule has 1 saturated carbocycles. The van der Waals surface area contributed by atoms with Gasteiger partial charge in [0.15, 0.2) is 0 Å². The second-order valence-electron chi connectivity index (χ2n) is 24.9. The zero-order chi connectivity index (χ0) is 47.0. The number of fused-ring (bicyclic) bond motifs is 10. The van der Waals surface area contributed by atoms with Crippen LogP contribution >= 0.6 is 11.3 Å². The molecule has 0 bridgehead atoms. The first kappa shape index (κ1) is 43.1. The van der Waals surface area contributed by atoms with E-state index >= 15 is 0 Å². The first-order chi connectivity index (χ1) is 31.6. The van der Waals surface area contributed by atoms with Crippen LogP contribution < -0.4 is 30.4 Å². The lowest BCUT2D eigenvalue weighted by molar-refractivity contribution is 0.330. The average molecular weight is 898 g/mol. The van der Waals surface area contributed by atoms with Gasteiger partial charge < -0.3 is 14.7 Å². The first-order valence-corrected chi connectivity index (χ1v) is 26.0. The number of nitrogens with zero attached hydrogens (tertiary/aromatic N) is 3. The molecule has 5 aliphatic rings.